The summed E-state index contributed by atoms with van der Waals surface area (Å²) in [6.45, 7) is 4.90. The number of nitro groups is 1. The summed E-state index contributed by atoms with van der Waals surface area (Å²) < 4.78 is 24.6. The molecule has 0 aliphatic carbocycles. The summed E-state index contributed by atoms with van der Waals surface area (Å²) in [6, 6.07) is 2.31. The van der Waals surface area contributed by atoms with Crippen molar-refractivity contribution < 1.29 is 18.8 Å². The van der Waals surface area contributed by atoms with E-state index in [4.69, 9.17) is 9.47 Å². The summed E-state index contributed by atoms with van der Waals surface area (Å²) in [7, 11) is 1.34. The van der Waals surface area contributed by atoms with Crippen LogP contribution in [0.2, 0.25) is 0 Å². The standard InChI is InChI=1S/C17H25FN2O4/c1-4-11(5-2)16-8-12(6-7-24-16)19-14-10-17(23-3)13(18)9-15(14)20(21)22/h9-12,16,19H,4-8H2,1-3H3. The average Bonchev–Trinajstić information content (AvgIpc) is 2.57. The summed E-state index contributed by atoms with van der Waals surface area (Å²) in [5.41, 5.74) is 0.00678. The predicted molar refractivity (Wildman–Crippen MR) is 90.1 cm³/mol. The molecule has 2 rings (SSSR count). The molecule has 0 aromatic heterocycles. The number of anilines is 1. The second kappa shape index (κ2) is 8.28. The molecular weight excluding hydrogens is 315 g/mol. The third-order valence-corrected chi connectivity index (χ3v) is 4.72. The molecule has 0 spiro atoms. The number of rotatable bonds is 7. The molecule has 0 bridgehead atoms. The van der Waals surface area contributed by atoms with Gasteiger partial charge < -0.3 is 14.8 Å². The van der Waals surface area contributed by atoms with Crippen molar-refractivity contribution in [2.75, 3.05) is 19.0 Å². The topological polar surface area (TPSA) is 73.6 Å². The third kappa shape index (κ3) is 4.14. The van der Waals surface area contributed by atoms with E-state index >= 15 is 0 Å². The van der Waals surface area contributed by atoms with Crippen molar-refractivity contribution in [3.05, 3.63) is 28.1 Å². The minimum atomic E-state index is -0.739. The number of halogens is 1. The largest absolute Gasteiger partial charge is 0.494 e. The van der Waals surface area contributed by atoms with E-state index in [0.717, 1.165) is 31.7 Å². The van der Waals surface area contributed by atoms with Crippen LogP contribution >= 0.6 is 0 Å². The Morgan fingerprint density at radius 3 is 2.75 bits per heavy atom. The molecule has 1 aliphatic rings. The van der Waals surface area contributed by atoms with Crippen molar-refractivity contribution in [3.8, 4) is 5.75 Å². The van der Waals surface area contributed by atoms with Crippen molar-refractivity contribution in [2.24, 2.45) is 5.92 Å². The fraction of sp³-hybridized carbons (Fsp3) is 0.647. The molecule has 1 N–H and O–H groups in total. The lowest BCUT2D eigenvalue weighted by Crippen LogP contribution is -2.38. The first-order chi connectivity index (χ1) is 11.5. The SMILES string of the molecule is CCC(CC)C1CC(Nc2cc(OC)c(F)cc2[N+](=O)[O-])CCO1. The second-order valence-corrected chi connectivity index (χ2v) is 6.11. The molecule has 1 aliphatic heterocycles. The number of nitrogens with zero attached hydrogens (tertiary/aromatic N) is 1. The van der Waals surface area contributed by atoms with E-state index in [1.54, 1.807) is 0 Å². The van der Waals surface area contributed by atoms with Crippen LogP contribution in [0.1, 0.15) is 39.5 Å². The first-order valence-electron chi connectivity index (χ1n) is 8.40. The van der Waals surface area contributed by atoms with Gasteiger partial charge in [0.2, 0.25) is 0 Å². The van der Waals surface area contributed by atoms with Gasteiger partial charge in [0, 0.05) is 18.7 Å². The van der Waals surface area contributed by atoms with Gasteiger partial charge in [-0.3, -0.25) is 10.1 Å². The lowest BCUT2D eigenvalue weighted by atomic mass is 9.89. The molecule has 1 aromatic carbocycles. The molecular formula is C17H25FN2O4. The molecule has 24 heavy (non-hydrogen) atoms. The maximum Gasteiger partial charge on any atom is 0.295 e. The Balaban J connectivity index is 2.19. The van der Waals surface area contributed by atoms with Gasteiger partial charge in [0.1, 0.15) is 5.69 Å². The van der Waals surface area contributed by atoms with Crippen molar-refractivity contribution in [1.82, 2.24) is 0 Å². The molecule has 6 nitrogen and oxygen atoms in total. The highest BCUT2D eigenvalue weighted by atomic mass is 19.1. The van der Waals surface area contributed by atoms with E-state index in [0.29, 0.717) is 12.5 Å². The molecule has 7 heteroatoms. The van der Waals surface area contributed by atoms with E-state index < -0.39 is 10.7 Å². The Hall–Kier alpha value is -1.89. The Kier molecular flexibility index (Phi) is 6.36. The highest BCUT2D eigenvalue weighted by Crippen LogP contribution is 2.34. The van der Waals surface area contributed by atoms with Gasteiger partial charge in [-0.1, -0.05) is 26.7 Å². The van der Waals surface area contributed by atoms with Crippen LogP contribution in [0.3, 0.4) is 0 Å². The number of hydrogen-bond acceptors (Lipinski definition) is 5. The van der Waals surface area contributed by atoms with Crippen molar-refractivity contribution in [1.29, 1.82) is 0 Å². The van der Waals surface area contributed by atoms with Crippen LogP contribution in [0.5, 0.6) is 5.75 Å². The molecule has 1 heterocycles. The second-order valence-electron chi connectivity index (χ2n) is 6.11. The summed E-state index contributed by atoms with van der Waals surface area (Å²) in [4.78, 5) is 10.6. The van der Waals surface area contributed by atoms with Gasteiger partial charge in [-0.15, -0.1) is 0 Å². The molecule has 2 atom stereocenters. The first-order valence-corrected chi connectivity index (χ1v) is 8.40. The fourth-order valence-corrected chi connectivity index (χ4v) is 3.29. The van der Waals surface area contributed by atoms with Crippen molar-refractivity contribution in [2.45, 2.75) is 51.7 Å². The molecule has 0 radical (unpaired) electrons. The number of hydrogen-bond donors (Lipinski definition) is 1. The smallest absolute Gasteiger partial charge is 0.295 e. The molecule has 0 amide bonds. The number of ether oxygens (including phenoxy) is 2. The van der Waals surface area contributed by atoms with E-state index in [-0.39, 0.29) is 29.3 Å². The van der Waals surface area contributed by atoms with Crippen LogP contribution in [0.4, 0.5) is 15.8 Å². The number of methoxy groups -OCH3 is 1. The number of benzene rings is 1. The molecule has 0 saturated carbocycles. The van der Waals surface area contributed by atoms with Crippen LogP contribution < -0.4 is 10.1 Å². The lowest BCUT2D eigenvalue weighted by molar-refractivity contribution is -0.384. The Bertz CT molecular complexity index is 578. The van der Waals surface area contributed by atoms with Crippen LogP contribution in [-0.2, 0) is 4.74 Å². The average molecular weight is 340 g/mol. The maximum absolute atomic E-state index is 13.8. The summed E-state index contributed by atoms with van der Waals surface area (Å²) in [5.74, 6) is -0.268. The summed E-state index contributed by atoms with van der Waals surface area (Å²) in [6.07, 6.45) is 3.76. The maximum atomic E-state index is 13.8. The monoisotopic (exact) mass is 340 g/mol. The summed E-state index contributed by atoms with van der Waals surface area (Å²) >= 11 is 0. The van der Waals surface area contributed by atoms with Crippen LogP contribution in [0, 0.1) is 21.8 Å². The highest BCUT2D eigenvalue weighted by Gasteiger charge is 2.29. The van der Waals surface area contributed by atoms with Gasteiger partial charge in [-0.05, 0) is 18.8 Å². The van der Waals surface area contributed by atoms with E-state index in [1.807, 2.05) is 0 Å². The molecule has 2 unspecified atom stereocenters. The zero-order chi connectivity index (χ0) is 17.7. The van der Waals surface area contributed by atoms with Crippen LogP contribution in [0.25, 0.3) is 0 Å². The zero-order valence-electron chi connectivity index (χ0n) is 14.4. The van der Waals surface area contributed by atoms with Crippen molar-refractivity contribution >= 4 is 11.4 Å². The third-order valence-electron chi connectivity index (χ3n) is 4.72. The molecule has 1 fully saturated rings. The molecule has 134 valence electrons. The summed E-state index contributed by atoms with van der Waals surface area (Å²) in [5, 5.41) is 14.4. The zero-order valence-corrected chi connectivity index (χ0v) is 14.4. The van der Waals surface area contributed by atoms with Gasteiger partial charge >= 0.3 is 0 Å². The van der Waals surface area contributed by atoms with Gasteiger partial charge in [-0.25, -0.2) is 4.39 Å². The van der Waals surface area contributed by atoms with Crippen LogP contribution in [0.15, 0.2) is 12.1 Å². The fourth-order valence-electron chi connectivity index (χ4n) is 3.29. The van der Waals surface area contributed by atoms with Crippen LogP contribution in [-0.4, -0.2) is 30.8 Å². The molecule has 1 aromatic rings. The van der Waals surface area contributed by atoms with E-state index in [2.05, 4.69) is 19.2 Å². The van der Waals surface area contributed by atoms with Gasteiger partial charge in [0.25, 0.3) is 5.69 Å². The normalized spacial score (nSPS) is 20.9. The van der Waals surface area contributed by atoms with Gasteiger partial charge in [-0.2, -0.15) is 0 Å². The van der Waals surface area contributed by atoms with Gasteiger partial charge in [0.15, 0.2) is 11.6 Å². The Morgan fingerprint density at radius 2 is 2.17 bits per heavy atom. The minimum absolute atomic E-state index is 0.00768. The van der Waals surface area contributed by atoms with E-state index in [9.17, 15) is 14.5 Å². The predicted octanol–water partition coefficient (Wildman–Crippen LogP) is 4.14. The number of nitro benzene ring substituents is 1. The van der Waals surface area contributed by atoms with Gasteiger partial charge in [0.05, 0.1) is 24.2 Å². The van der Waals surface area contributed by atoms with Crippen molar-refractivity contribution in [3.63, 3.8) is 0 Å². The Morgan fingerprint density at radius 1 is 1.46 bits per heavy atom. The quantitative estimate of drug-likeness (QED) is 0.596. The lowest BCUT2D eigenvalue weighted by Gasteiger charge is -2.34. The first kappa shape index (κ1) is 18.4. The minimum Gasteiger partial charge on any atom is -0.494 e. The number of nitrogens with one attached hydrogen (secondary N) is 1. The van der Waals surface area contributed by atoms with E-state index in [1.165, 1.54) is 13.2 Å². The Labute approximate surface area is 141 Å². The highest BCUT2D eigenvalue weighted by molar-refractivity contribution is 5.65. The molecule has 1 saturated heterocycles.